The molecule has 3 atom stereocenters. The van der Waals surface area contributed by atoms with Crippen LogP contribution in [0.5, 0.6) is 0 Å². The molecule has 1 aliphatic heterocycles. The van der Waals surface area contributed by atoms with E-state index in [1.54, 1.807) is 0 Å². The van der Waals surface area contributed by atoms with Gasteiger partial charge in [0.2, 0.25) is 0 Å². The number of aliphatic hydroxyl groups excluding tert-OH is 1. The predicted molar refractivity (Wildman–Crippen MR) is 57.2 cm³/mol. The highest BCUT2D eigenvalue weighted by atomic mass is 16.3. The predicted octanol–water partition coefficient (Wildman–Crippen LogP) is 0.489. The minimum atomic E-state index is -0.0220. The van der Waals surface area contributed by atoms with Gasteiger partial charge in [0.15, 0.2) is 0 Å². The second-order valence-electron chi connectivity index (χ2n) is 4.78. The topological polar surface area (TPSA) is 44.3 Å². The molecule has 3 unspecified atom stereocenters. The van der Waals surface area contributed by atoms with Crippen molar-refractivity contribution in [2.24, 2.45) is 5.92 Å². The van der Waals surface area contributed by atoms with Gasteiger partial charge in [0.25, 0.3) is 0 Å². The zero-order chi connectivity index (χ0) is 9.80. The van der Waals surface area contributed by atoms with Crippen molar-refractivity contribution in [2.75, 3.05) is 19.6 Å². The Hall–Kier alpha value is -0.120. The largest absolute Gasteiger partial charge is 0.393 e. The molecule has 14 heavy (non-hydrogen) atoms. The molecule has 0 spiro atoms. The maximum absolute atomic E-state index is 9.40. The summed E-state index contributed by atoms with van der Waals surface area (Å²) in [5, 5.41) is 16.4. The first kappa shape index (κ1) is 10.4. The summed E-state index contributed by atoms with van der Waals surface area (Å²) < 4.78 is 0. The van der Waals surface area contributed by atoms with Crippen molar-refractivity contribution in [1.29, 1.82) is 0 Å². The highest BCUT2D eigenvalue weighted by Gasteiger charge is 2.23. The molecular formula is C11H22N2O. The van der Waals surface area contributed by atoms with Gasteiger partial charge in [-0.05, 0) is 51.1 Å². The number of piperidine rings is 1. The summed E-state index contributed by atoms with van der Waals surface area (Å²) in [5.74, 6) is 0.715. The molecule has 2 aliphatic rings. The van der Waals surface area contributed by atoms with Crippen LogP contribution in [0.15, 0.2) is 0 Å². The van der Waals surface area contributed by atoms with Crippen LogP contribution in [0.2, 0.25) is 0 Å². The Kier molecular flexibility index (Phi) is 3.79. The molecule has 3 N–H and O–H groups in total. The minimum Gasteiger partial charge on any atom is -0.393 e. The third-order valence-corrected chi connectivity index (χ3v) is 3.51. The first-order valence-corrected chi connectivity index (χ1v) is 5.97. The van der Waals surface area contributed by atoms with Crippen LogP contribution in [0.3, 0.4) is 0 Å². The molecule has 1 heterocycles. The highest BCUT2D eigenvalue weighted by Crippen LogP contribution is 2.24. The van der Waals surface area contributed by atoms with Crippen LogP contribution in [0.1, 0.15) is 32.1 Å². The molecule has 82 valence electrons. The summed E-state index contributed by atoms with van der Waals surface area (Å²) in [7, 11) is 0. The molecule has 0 radical (unpaired) electrons. The fourth-order valence-electron chi connectivity index (χ4n) is 2.59. The molecule has 0 amide bonds. The molecule has 3 heteroatoms. The van der Waals surface area contributed by atoms with Crippen LogP contribution >= 0.6 is 0 Å². The van der Waals surface area contributed by atoms with Crippen LogP contribution < -0.4 is 10.6 Å². The van der Waals surface area contributed by atoms with Crippen LogP contribution in [-0.2, 0) is 0 Å². The van der Waals surface area contributed by atoms with Gasteiger partial charge in [0.05, 0.1) is 6.10 Å². The summed E-state index contributed by atoms with van der Waals surface area (Å²) in [6.45, 7) is 3.40. The van der Waals surface area contributed by atoms with E-state index in [0.717, 1.165) is 25.9 Å². The second-order valence-corrected chi connectivity index (χ2v) is 4.78. The summed E-state index contributed by atoms with van der Waals surface area (Å²) in [5.41, 5.74) is 0. The van der Waals surface area contributed by atoms with E-state index in [9.17, 15) is 5.11 Å². The SMILES string of the molecule is OC1CCC(CNC2CCCNC2)C1. The van der Waals surface area contributed by atoms with Gasteiger partial charge in [-0.15, -0.1) is 0 Å². The Morgan fingerprint density at radius 3 is 2.86 bits per heavy atom. The van der Waals surface area contributed by atoms with Crippen LogP contribution in [0, 0.1) is 5.92 Å². The van der Waals surface area contributed by atoms with Crippen molar-refractivity contribution in [3.63, 3.8) is 0 Å². The lowest BCUT2D eigenvalue weighted by molar-refractivity contribution is 0.177. The molecule has 0 aromatic heterocycles. The third kappa shape index (κ3) is 2.94. The second kappa shape index (κ2) is 5.10. The van der Waals surface area contributed by atoms with Gasteiger partial charge in [0, 0.05) is 12.6 Å². The average molecular weight is 198 g/mol. The average Bonchev–Trinajstić information content (AvgIpc) is 2.63. The lowest BCUT2D eigenvalue weighted by Crippen LogP contribution is -2.44. The Labute approximate surface area is 86.3 Å². The van der Waals surface area contributed by atoms with Gasteiger partial charge in [-0.25, -0.2) is 0 Å². The van der Waals surface area contributed by atoms with Crippen molar-refractivity contribution < 1.29 is 5.11 Å². The summed E-state index contributed by atoms with van der Waals surface area (Å²) in [4.78, 5) is 0. The molecule has 0 aromatic carbocycles. The van der Waals surface area contributed by atoms with E-state index in [4.69, 9.17) is 0 Å². The maximum atomic E-state index is 9.40. The zero-order valence-corrected chi connectivity index (χ0v) is 8.84. The summed E-state index contributed by atoms with van der Waals surface area (Å²) in [6, 6.07) is 0.668. The molecule has 1 aliphatic carbocycles. The van der Waals surface area contributed by atoms with Crippen molar-refractivity contribution >= 4 is 0 Å². The maximum Gasteiger partial charge on any atom is 0.0543 e. The fraction of sp³-hybridized carbons (Fsp3) is 1.00. The van der Waals surface area contributed by atoms with Crippen LogP contribution in [0.4, 0.5) is 0 Å². The first-order chi connectivity index (χ1) is 6.84. The number of rotatable bonds is 3. The van der Waals surface area contributed by atoms with Gasteiger partial charge >= 0.3 is 0 Å². The number of aliphatic hydroxyl groups is 1. The Bertz CT molecular complexity index is 164. The monoisotopic (exact) mass is 198 g/mol. The van der Waals surface area contributed by atoms with Gasteiger partial charge < -0.3 is 15.7 Å². The summed E-state index contributed by atoms with van der Waals surface area (Å²) in [6.07, 6.45) is 5.80. The van der Waals surface area contributed by atoms with E-state index in [1.807, 2.05) is 0 Å². The molecule has 2 rings (SSSR count). The minimum absolute atomic E-state index is 0.0220. The molecule has 2 fully saturated rings. The van der Waals surface area contributed by atoms with Gasteiger partial charge in [0.1, 0.15) is 0 Å². The van der Waals surface area contributed by atoms with Crippen molar-refractivity contribution in [1.82, 2.24) is 10.6 Å². The van der Waals surface area contributed by atoms with Crippen molar-refractivity contribution in [2.45, 2.75) is 44.2 Å². The first-order valence-electron chi connectivity index (χ1n) is 5.97. The van der Waals surface area contributed by atoms with E-state index in [0.29, 0.717) is 12.0 Å². The highest BCUT2D eigenvalue weighted by molar-refractivity contribution is 4.80. The third-order valence-electron chi connectivity index (χ3n) is 3.51. The Morgan fingerprint density at radius 1 is 1.29 bits per heavy atom. The molecule has 3 nitrogen and oxygen atoms in total. The summed E-state index contributed by atoms with van der Waals surface area (Å²) >= 11 is 0. The van der Waals surface area contributed by atoms with E-state index in [2.05, 4.69) is 10.6 Å². The molecule has 0 aromatic rings. The smallest absolute Gasteiger partial charge is 0.0543 e. The number of hydrogen-bond acceptors (Lipinski definition) is 3. The standard InChI is InChI=1S/C11H22N2O/c14-11-4-3-9(6-11)7-13-10-2-1-5-12-8-10/h9-14H,1-8H2. The van der Waals surface area contributed by atoms with Gasteiger partial charge in [-0.3, -0.25) is 0 Å². The molecule has 0 bridgehead atoms. The fourth-order valence-corrected chi connectivity index (χ4v) is 2.59. The molecular weight excluding hydrogens is 176 g/mol. The van der Waals surface area contributed by atoms with E-state index in [1.165, 1.54) is 25.8 Å². The molecule has 1 saturated heterocycles. The van der Waals surface area contributed by atoms with E-state index in [-0.39, 0.29) is 6.10 Å². The Morgan fingerprint density at radius 2 is 2.21 bits per heavy atom. The van der Waals surface area contributed by atoms with E-state index >= 15 is 0 Å². The van der Waals surface area contributed by atoms with E-state index < -0.39 is 0 Å². The lowest BCUT2D eigenvalue weighted by Gasteiger charge is -2.25. The number of nitrogens with one attached hydrogen (secondary N) is 2. The van der Waals surface area contributed by atoms with Crippen molar-refractivity contribution in [3.8, 4) is 0 Å². The van der Waals surface area contributed by atoms with Gasteiger partial charge in [-0.1, -0.05) is 0 Å². The van der Waals surface area contributed by atoms with Crippen LogP contribution in [-0.4, -0.2) is 36.9 Å². The number of hydrogen-bond donors (Lipinski definition) is 3. The quantitative estimate of drug-likeness (QED) is 0.618. The molecule has 1 saturated carbocycles. The van der Waals surface area contributed by atoms with Crippen LogP contribution in [0.25, 0.3) is 0 Å². The van der Waals surface area contributed by atoms with Gasteiger partial charge in [-0.2, -0.15) is 0 Å². The normalized spacial score (nSPS) is 38.8. The Balaban J connectivity index is 1.61. The van der Waals surface area contributed by atoms with Crippen molar-refractivity contribution in [3.05, 3.63) is 0 Å². The zero-order valence-electron chi connectivity index (χ0n) is 8.84. The lowest BCUT2D eigenvalue weighted by atomic mass is 10.0.